The highest BCUT2D eigenvalue weighted by Gasteiger charge is 2.33. The molecule has 6 heteroatoms. The average molecular weight is 462 g/mol. The van der Waals surface area contributed by atoms with Gasteiger partial charge in [-0.15, -0.1) is 0 Å². The van der Waals surface area contributed by atoms with Crippen LogP contribution in [0.3, 0.4) is 0 Å². The molecule has 0 saturated carbocycles. The van der Waals surface area contributed by atoms with Crippen LogP contribution in [0.1, 0.15) is 58.7 Å². The van der Waals surface area contributed by atoms with E-state index in [2.05, 4.69) is 59.8 Å². The molecule has 0 spiro atoms. The lowest BCUT2D eigenvalue weighted by Crippen LogP contribution is -2.38. The number of allylic oxidation sites excluding steroid dienone is 7. The van der Waals surface area contributed by atoms with Gasteiger partial charge in [0, 0.05) is 12.7 Å². The van der Waals surface area contributed by atoms with Crippen LogP contribution in [0.15, 0.2) is 72.2 Å². The summed E-state index contributed by atoms with van der Waals surface area (Å²) in [6.45, 7) is 7.46. The Balaban J connectivity index is 1.66. The van der Waals surface area contributed by atoms with Crippen LogP contribution in [-0.2, 0) is 16.0 Å². The van der Waals surface area contributed by atoms with E-state index in [9.17, 15) is 5.11 Å². The van der Waals surface area contributed by atoms with Crippen molar-refractivity contribution in [3.63, 3.8) is 0 Å². The largest absolute Gasteiger partial charge is 0.494 e. The first-order valence-corrected chi connectivity index (χ1v) is 12.3. The van der Waals surface area contributed by atoms with Gasteiger partial charge in [-0.05, 0) is 68.0 Å². The molecule has 0 aliphatic heterocycles. The molecule has 2 aliphatic carbocycles. The molecule has 4 rings (SSSR count). The van der Waals surface area contributed by atoms with Crippen LogP contribution < -0.4 is 0 Å². The second kappa shape index (κ2) is 11.0. The molecule has 2 atom stereocenters. The molecular weight excluding hydrogens is 426 g/mol. The highest BCUT2D eigenvalue weighted by molar-refractivity contribution is 5.77. The van der Waals surface area contributed by atoms with Crippen molar-refractivity contribution in [1.29, 1.82) is 0 Å². The Kier molecular flexibility index (Phi) is 7.80. The fraction of sp³-hybridized carbons (Fsp3) is 0.429. The number of ether oxygens (including phenoxy) is 2. The molecule has 0 aromatic carbocycles. The van der Waals surface area contributed by atoms with E-state index in [0.717, 1.165) is 59.8 Å². The SMILES string of the molecule is CCCCOC1=CCC(c2nc3ncccc3n2CC2=CC=CCC2(C)OC(O)CC)=CC=C1. The number of pyridine rings is 1. The quantitative estimate of drug-likeness (QED) is 0.354. The third kappa shape index (κ3) is 5.40. The number of unbranched alkanes of at least 4 members (excludes halogenated alkanes) is 1. The van der Waals surface area contributed by atoms with E-state index in [4.69, 9.17) is 14.5 Å². The molecule has 0 saturated heterocycles. The van der Waals surface area contributed by atoms with Crippen LogP contribution in [0.5, 0.6) is 0 Å². The summed E-state index contributed by atoms with van der Waals surface area (Å²) in [5.41, 5.74) is 3.31. The van der Waals surface area contributed by atoms with Crippen LogP contribution in [-0.4, -0.2) is 38.1 Å². The molecule has 6 nitrogen and oxygen atoms in total. The van der Waals surface area contributed by atoms with Crippen molar-refractivity contribution in [2.45, 2.75) is 71.3 Å². The van der Waals surface area contributed by atoms with Crippen molar-refractivity contribution in [2.24, 2.45) is 0 Å². The standard InChI is InChI=1S/C28H35N3O3/c1-4-6-19-33-23-13-9-11-21(15-16-23)27-30-26-24(14-10-18-29-26)31(27)20-22-12-7-8-17-28(22,3)34-25(32)5-2/h7-14,16,18,25,32H,4-6,15,17,19-20H2,1-3H3. The van der Waals surface area contributed by atoms with Crippen LogP contribution in [0.25, 0.3) is 16.7 Å². The zero-order chi connectivity index (χ0) is 24.0. The highest BCUT2D eigenvalue weighted by atomic mass is 16.6. The molecule has 2 aliphatic rings. The summed E-state index contributed by atoms with van der Waals surface area (Å²) >= 11 is 0. The Morgan fingerprint density at radius 1 is 1.24 bits per heavy atom. The first-order valence-electron chi connectivity index (χ1n) is 12.3. The highest BCUT2D eigenvalue weighted by Crippen LogP contribution is 2.34. The van der Waals surface area contributed by atoms with Gasteiger partial charge in [0.1, 0.15) is 11.6 Å². The van der Waals surface area contributed by atoms with Crippen molar-refractivity contribution < 1.29 is 14.6 Å². The number of hydrogen-bond acceptors (Lipinski definition) is 5. The van der Waals surface area contributed by atoms with Gasteiger partial charge in [0.25, 0.3) is 0 Å². The van der Waals surface area contributed by atoms with Gasteiger partial charge < -0.3 is 19.1 Å². The van der Waals surface area contributed by atoms with Crippen molar-refractivity contribution in [3.05, 3.63) is 78.0 Å². The minimum Gasteiger partial charge on any atom is -0.494 e. The van der Waals surface area contributed by atoms with E-state index in [0.29, 0.717) is 19.4 Å². The molecule has 180 valence electrons. The molecule has 0 bridgehead atoms. The number of rotatable bonds is 10. The van der Waals surface area contributed by atoms with Crippen LogP contribution in [0.4, 0.5) is 0 Å². The Morgan fingerprint density at radius 2 is 2.12 bits per heavy atom. The zero-order valence-corrected chi connectivity index (χ0v) is 20.4. The number of hydrogen-bond donors (Lipinski definition) is 1. The van der Waals surface area contributed by atoms with Gasteiger partial charge in [-0.1, -0.05) is 50.6 Å². The van der Waals surface area contributed by atoms with Crippen LogP contribution in [0, 0.1) is 0 Å². The fourth-order valence-corrected chi connectivity index (χ4v) is 4.26. The maximum absolute atomic E-state index is 10.2. The van der Waals surface area contributed by atoms with Crippen molar-refractivity contribution in [3.8, 4) is 0 Å². The van der Waals surface area contributed by atoms with Crippen LogP contribution >= 0.6 is 0 Å². The van der Waals surface area contributed by atoms with Gasteiger partial charge in [0.15, 0.2) is 11.9 Å². The summed E-state index contributed by atoms with van der Waals surface area (Å²) in [5, 5.41) is 10.2. The lowest BCUT2D eigenvalue weighted by Gasteiger charge is -2.35. The number of imidazole rings is 1. The van der Waals surface area contributed by atoms with E-state index in [1.54, 1.807) is 6.20 Å². The second-order valence-corrected chi connectivity index (χ2v) is 8.97. The summed E-state index contributed by atoms with van der Waals surface area (Å²) in [6.07, 6.45) is 19.6. The summed E-state index contributed by atoms with van der Waals surface area (Å²) < 4.78 is 14.2. The van der Waals surface area contributed by atoms with Crippen molar-refractivity contribution in [2.75, 3.05) is 6.61 Å². The Hall–Kier alpha value is -2.96. The lowest BCUT2D eigenvalue weighted by atomic mass is 9.87. The smallest absolute Gasteiger partial charge is 0.178 e. The molecule has 2 aromatic heterocycles. The normalized spacial score (nSPS) is 21.1. The van der Waals surface area contributed by atoms with Gasteiger partial charge in [-0.25, -0.2) is 9.97 Å². The van der Waals surface area contributed by atoms with E-state index < -0.39 is 11.9 Å². The number of nitrogens with zero attached hydrogens (tertiary/aromatic N) is 3. The summed E-state index contributed by atoms with van der Waals surface area (Å²) in [7, 11) is 0. The predicted molar refractivity (Wildman–Crippen MR) is 136 cm³/mol. The van der Waals surface area contributed by atoms with E-state index in [-0.39, 0.29) is 0 Å². The summed E-state index contributed by atoms with van der Waals surface area (Å²) in [4.78, 5) is 9.43. The van der Waals surface area contributed by atoms with E-state index in [1.807, 2.05) is 25.1 Å². The number of aromatic nitrogens is 3. The van der Waals surface area contributed by atoms with Gasteiger partial charge in [0.05, 0.1) is 17.7 Å². The monoisotopic (exact) mass is 461 g/mol. The lowest BCUT2D eigenvalue weighted by molar-refractivity contribution is -0.165. The molecule has 2 unspecified atom stereocenters. The first-order chi connectivity index (χ1) is 16.5. The molecule has 0 radical (unpaired) electrons. The van der Waals surface area contributed by atoms with Crippen molar-refractivity contribution >= 4 is 16.7 Å². The molecule has 1 N–H and O–H groups in total. The third-order valence-corrected chi connectivity index (χ3v) is 6.35. The van der Waals surface area contributed by atoms with Gasteiger partial charge in [-0.2, -0.15) is 0 Å². The minimum absolute atomic E-state index is 0.546. The third-order valence-electron chi connectivity index (χ3n) is 6.35. The Bertz CT molecular complexity index is 1150. The van der Waals surface area contributed by atoms with Gasteiger partial charge in [-0.3, -0.25) is 0 Å². The summed E-state index contributed by atoms with van der Waals surface area (Å²) in [5.74, 6) is 1.79. The van der Waals surface area contributed by atoms with Gasteiger partial charge >= 0.3 is 0 Å². The Morgan fingerprint density at radius 3 is 2.94 bits per heavy atom. The predicted octanol–water partition coefficient (Wildman–Crippen LogP) is 5.87. The van der Waals surface area contributed by atoms with E-state index >= 15 is 0 Å². The summed E-state index contributed by atoms with van der Waals surface area (Å²) in [6, 6.07) is 4.00. The molecule has 2 heterocycles. The maximum Gasteiger partial charge on any atom is 0.178 e. The van der Waals surface area contributed by atoms with Crippen molar-refractivity contribution in [1.82, 2.24) is 14.5 Å². The number of aliphatic hydroxyl groups is 1. The fourth-order valence-electron chi connectivity index (χ4n) is 4.26. The van der Waals surface area contributed by atoms with Crippen LogP contribution in [0.2, 0.25) is 0 Å². The Labute approximate surface area is 202 Å². The first kappa shape index (κ1) is 24.2. The molecule has 34 heavy (non-hydrogen) atoms. The number of fused-ring (bicyclic) bond motifs is 1. The molecule has 2 aromatic rings. The van der Waals surface area contributed by atoms with E-state index in [1.165, 1.54) is 0 Å². The molecular formula is C28H35N3O3. The second-order valence-electron chi connectivity index (χ2n) is 8.97. The topological polar surface area (TPSA) is 69.4 Å². The molecule has 0 fully saturated rings. The average Bonchev–Trinajstić information content (AvgIpc) is 3.03. The minimum atomic E-state index is -0.800. The molecule has 0 amide bonds. The van der Waals surface area contributed by atoms with Gasteiger partial charge in [0.2, 0.25) is 0 Å². The maximum atomic E-state index is 10.2. The number of aliphatic hydroxyl groups excluding tert-OH is 1. The zero-order valence-electron chi connectivity index (χ0n) is 20.4.